The van der Waals surface area contributed by atoms with Crippen molar-refractivity contribution in [1.29, 1.82) is 0 Å². The van der Waals surface area contributed by atoms with Crippen molar-refractivity contribution in [1.82, 2.24) is 15.1 Å². The Labute approximate surface area is 119 Å². The summed E-state index contributed by atoms with van der Waals surface area (Å²) in [6, 6.07) is 7.68. The highest BCUT2D eigenvalue weighted by atomic mass is 79.9. The average Bonchev–Trinajstić information content (AvgIpc) is 2.78. The molecular formula is C13H14BrN3O2. The molecule has 0 spiro atoms. The van der Waals surface area contributed by atoms with Gasteiger partial charge in [-0.15, -0.1) is 0 Å². The van der Waals surface area contributed by atoms with Crippen LogP contribution in [0.4, 0.5) is 0 Å². The summed E-state index contributed by atoms with van der Waals surface area (Å²) in [4.78, 5) is 11.9. The third-order valence-corrected chi connectivity index (χ3v) is 3.20. The maximum Gasteiger partial charge on any atom is 0.254 e. The first kappa shape index (κ1) is 13.8. The van der Waals surface area contributed by atoms with Crippen molar-refractivity contribution in [2.45, 2.75) is 6.92 Å². The van der Waals surface area contributed by atoms with Crippen molar-refractivity contribution in [2.75, 3.05) is 13.2 Å². The lowest BCUT2D eigenvalue weighted by Crippen LogP contribution is -2.26. The van der Waals surface area contributed by atoms with E-state index in [4.69, 9.17) is 5.11 Å². The van der Waals surface area contributed by atoms with Gasteiger partial charge in [0.15, 0.2) is 0 Å². The third kappa shape index (κ3) is 3.02. The van der Waals surface area contributed by atoms with E-state index in [1.54, 1.807) is 4.68 Å². The summed E-state index contributed by atoms with van der Waals surface area (Å²) >= 11 is 3.41. The van der Waals surface area contributed by atoms with Gasteiger partial charge in [0.1, 0.15) is 0 Å². The number of rotatable bonds is 4. The number of hydrogen-bond donors (Lipinski definition) is 2. The number of aliphatic hydroxyl groups excluding tert-OH is 1. The molecule has 1 aromatic heterocycles. The average molecular weight is 324 g/mol. The fourth-order valence-electron chi connectivity index (χ4n) is 1.77. The summed E-state index contributed by atoms with van der Waals surface area (Å²) in [5, 5.41) is 15.5. The predicted molar refractivity (Wildman–Crippen MR) is 75.4 cm³/mol. The zero-order chi connectivity index (χ0) is 13.8. The Kier molecular flexibility index (Phi) is 4.34. The fourth-order valence-corrected chi connectivity index (χ4v) is 2.15. The molecule has 2 rings (SSSR count). The van der Waals surface area contributed by atoms with Crippen LogP contribution in [0.3, 0.4) is 0 Å². The van der Waals surface area contributed by atoms with Gasteiger partial charge in [-0.1, -0.05) is 22.0 Å². The molecule has 1 heterocycles. The van der Waals surface area contributed by atoms with E-state index in [1.807, 2.05) is 31.2 Å². The normalized spacial score (nSPS) is 10.5. The molecule has 0 saturated heterocycles. The first-order valence-electron chi connectivity index (χ1n) is 5.83. The quantitative estimate of drug-likeness (QED) is 0.899. The number of benzene rings is 1. The topological polar surface area (TPSA) is 67.2 Å². The molecule has 19 heavy (non-hydrogen) atoms. The predicted octanol–water partition coefficient (Wildman–Crippen LogP) is 1.67. The van der Waals surface area contributed by atoms with Gasteiger partial charge < -0.3 is 10.4 Å². The van der Waals surface area contributed by atoms with Crippen LogP contribution in [-0.2, 0) is 0 Å². The van der Waals surface area contributed by atoms with Gasteiger partial charge in [0.25, 0.3) is 5.91 Å². The Balaban J connectivity index is 2.30. The van der Waals surface area contributed by atoms with E-state index in [2.05, 4.69) is 26.3 Å². The van der Waals surface area contributed by atoms with E-state index in [9.17, 15) is 4.79 Å². The molecule has 6 heteroatoms. The van der Waals surface area contributed by atoms with E-state index >= 15 is 0 Å². The number of aromatic nitrogens is 2. The zero-order valence-electron chi connectivity index (χ0n) is 10.4. The van der Waals surface area contributed by atoms with Gasteiger partial charge in [-0.3, -0.25) is 4.79 Å². The van der Waals surface area contributed by atoms with Crippen molar-refractivity contribution in [3.63, 3.8) is 0 Å². The zero-order valence-corrected chi connectivity index (χ0v) is 12.0. The molecule has 1 aromatic carbocycles. The molecule has 2 N–H and O–H groups in total. The lowest BCUT2D eigenvalue weighted by atomic mass is 10.2. The first-order chi connectivity index (χ1) is 9.13. The molecule has 0 atom stereocenters. The van der Waals surface area contributed by atoms with Crippen LogP contribution in [0.15, 0.2) is 34.9 Å². The summed E-state index contributed by atoms with van der Waals surface area (Å²) < 4.78 is 2.66. The minimum absolute atomic E-state index is 0.0788. The van der Waals surface area contributed by atoms with Crippen molar-refractivity contribution in [3.8, 4) is 5.69 Å². The number of hydrogen-bond acceptors (Lipinski definition) is 3. The lowest BCUT2D eigenvalue weighted by molar-refractivity contribution is 0.0944. The number of carbonyl (C=O) groups excluding carboxylic acids is 1. The van der Waals surface area contributed by atoms with Gasteiger partial charge >= 0.3 is 0 Å². The molecular weight excluding hydrogens is 310 g/mol. The third-order valence-electron chi connectivity index (χ3n) is 2.70. The molecule has 0 bridgehead atoms. The number of carbonyl (C=O) groups is 1. The maximum atomic E-state index is 11.9. The van der Waals surface area contributed by atoms with E-state index in [0.29, 0.717) is 5.56 Å². The van der Waals surface area contributed by atoms with E-state index in [-0.39, 0.29) is 19.1 Å². The van der Waals surface area contributed by atoms with Crippen LogP contribution < -0.4 is 5.32 Å². The molecule has 0 aliphatic carbocycles. The molecule has 0 fully saturated rings. The monoisotopic (exact) mass is 323 g/mol. The fraction of sp³-hybridized carbons (Fsp3) is 0.231. The van der Waals surface area contributed by atoms with Gasteiger partial charge in [0.2, 0.25) is 0 Å². The molecule has 1 amide bonds. The van der Waals surface area contributed by atoms with Crippen LogP contribution in [0.1, 0.15) is 16.1 Å². The van der Waals surface area contributed by atoms with Crippen LogP contribution in [0, 0.1) is 6.92 Å². The molecule has 0 aliphatic rings. The van der Waals surface area contributed by atoms with Crippen molar-refractivity contribution in [3.05, 3.63) is 46.2 Å². The number of nitrogens with zero attached hydrogens (tertiary/aromatic N) is 2. The summed E-state index contributed by atoms with van der Waals surface area (Å²) in [5.74, 6) is -0.229. The minimum atomic E-state index is -0.229. The van der Waals surface area contributed by atoms with Crippen LogP contribution >= 0.6 is 15.9 Å². The second-order valence-corrected chi connectivity index (χ2v) is 4.93. The van der Waals surface area contributed by atoms with Crippen LogP contribution in [0.2, 0.25) is 0 Å². The Bertz CT molecular complexity index is 595. The first-order valence-corrected chi connectivity index (χ1v) is 6.62. The highest BCUT2D eigenvalue weighted by molar-refractivity contribution is 9.10. The summed E-state index contributed by atoms with van der Waals surface area (Å²) in [6.07, 6.45) is 1.53. The molecule has 0 saturated carbocycles. The summed E-state index contributed by atoms with van der Waals surface area (Å²) in [5.41, 5.74) is 2.15. The van der Waals surface area contributed by atoms with E-state index in [0.717, 1.165) is 15.9 Å². The highest BCUT2D eigenvalue weighted by Gasteiger charge is 2.14. The summed E-state index contributed by atoms with van der Waals surface area (Å²) in [6.45, 7) is 1.99. The second kappa shape index (κ2) is 5.99. The molecule has 5 nitrogen and oxygen atoms in total. The van der Waals surface area contributed by atoms with Gasteiger partial charge in [-0.2, -0.15) is 5.10 Å². The van der Waals surface area contributed by atoms with Crippen molar-refractivity contribution in [2.24, 2.45) is 0 Å². The lowest BCUT2D eigenvalue weighted by Gasteiger charge is -2.06. The van der Waals surface area contributed by atoms with E-state index in [1.165, 1.54) is 6.20 Å². The van der Waals surface area contributed by atoms with Gasteiger partial charge in [0.05, 0.1) is 29.7 Å². The Hall–Kier alpha value is -1.66. The second-order valence-electron chi connectivity index (χ2n) is 4.01. The summed E-state index contributed by atoms with van der Waals surface area (Å²) in [7, 11) is 0. The molecule has 0 unspecified atom stereocenters. The Morgan fingerprint density at radius 3 is 3.00 bits per heavy atom. The smallest absolute Gasteiger partial charge is 0.254 e. The van der Waals surface area contributed by atoms with Crippen molar-refractivity contribution >= 4 is 21.8 Å². The molecule has 0 radical (unpaired) electrons. The van der Waals surface area contributed by atoms with Crippen molar-refractivity contribution < 1.29 is 9.90 Å². The van der Waals surface area contributed by atoms with Crippen LogP contribution in [-0.4, -0.2) is 33.9 Å². The maximum absolute atomic E-state index is 11.9. The van der Waals surface area contributed by atoms with Crippen LogP contribution in [0.25, 0.3) is 5.69 Å². The highest BCUT2D eigenvalue weighted by Crippen LogP contribution is 2.18. The number of nitrogens with one attached hydrogen (secondary N) is 1. The molecule has 0 aliphatic heterocycles. The van der Waals surface area contributed by atoms with Gasteiger partial charge in [-0.05, 0) is 25.1 Å². The van der Waals surface area contributed by atoms with E-state index < -0.39 is 0 Å². The van der Waals surface area contributed by atoms with Gasteiger partial charge in [-0.25, -0.2) is 4.68 Å². The SMILES string of the molecule is Cc1c(C(=O)NCCO)cnn1-c1cccc(Br)c1. The van der Waals surface area contributed by atoms with Gasteiger partial charge in [0, 0.05) is 11.0 Å². The Morgan fingerprint density at radius 1 is 1.53 bits per heavy atom. The standard InChI is InChI=1S/C13H14BrN3O2/c1-9-12(13(19)15-5-6-18)8-16-17(9)11-4-2-3-10(14)7-11/h2-4,7-8,18H,5-6H2,1H3,(H,15,19). The number of aliphatic hydroxyl groups is 1. The minimum Gasteiger partial charge on any atom is -0.395 e. The largest absolute Gasteiger partial charge is 0.395 e. The molecule has 100 valence electrons. The van der Waals surface area contributed by atoms with Crippen LogP contribution in [0.5, 0.6) is 0 Å². The number of halogens is 1. The number of amides is 1. The molecule has 2 aromatic rings. The Morgan fingerprint density at radius 2 is 2.32 bits per heavy atom.